The molecule has 258 valence electrons. The molecule has 1 saturated heterocycles. The number of para-hydroxylation sites is 1. The maximum absolute atomic E-state index is 15.1. The van der Waals surface area contributed by atoms with Gasteiger partial charge < -0.3 is 18.9 Å². The van der Waals surface area contributed by atoms with E-state index >= 15 is 4.79 Å². The van der Waals surface area contributed by atoms with Crippen LogP contribution >= 0.6 is 0 Å². The van der Waals surface area contributed by atoms with E-state index in [1.807, 2.05) is 0 Å². The van der Waals surface area contributed by atoms with Crippen LogP contribution in [-0.4, -0.2) is 65.3 Å². The molecule has 0 unspecified atom stereocenters. The molecule has 3 aromatic carbocycles. The van der Waals surface area contributed by atoms with Crippen molar-refractivity contribution in [1.82, 2.24) is 4.90 Å². The Balaban J connectivity index is 1.83. The molecule has 11 nitrogen and oxygen atoms in total. The first-order chi connectivity index (χ1) is 23.0. The predicted molar refractivity (Wildman–Crippen MR) is 180 cm³/mol. The van der Waals surface area contributed by atoms with Crippen molar-refractivity contribution in [1.29, 1.82) is 0 Å². The topological polar surface area (TPSA) is 129 Å². The number of rotatable bonds is 7. The highest BCUT2D eigenvalue weighted by molar-refractivity contribution is 6.08. The second-order valence-corrected chi connectivity index (χ2v) is 14.2. The number of carbonyl (C=O) groups is 5. The van der Waals surface area contributed by atoms with Crippen LogP contribution in [0.3, 0.4) is 0 Å². The number of benzene rings is 3. The van der Waals surface area contributed by atoms with Gasteiger partial charge in [0.25, 0.3) is 0 Å². The Hall–Kier alpha value is -5.03. The second-order valence-electron chi connectivity index (χ2n) is 14.2. The fraction of sp³-hybridized carbons (Fsp3) is 0.395. The molecule has 0 bridgehead atoms. The van der Waals surface area contributed by atoms with Gasteiger partial charge in [-0.3, -0.25) is 9.59 Å². The SMILES string of the molecule is COC(=O)[C@H](C[C@@]12c3ccccc3N(C(=O)OC(C)(C)C)[C@@H]1O[C@@]2(C(=O)c1ccccc1)c1ccccc1)N(C(C)=O)C(=O)OC(C)(C)C. The summed E-state index contributed by atoms with van der Waals surface area (Å²) >= 11 is 0. The van der Waals surface area contributed by atoms with Crippen molar-refractivity contribution in [2.75, 3.05) is 12.0 Å². The molecule has 1 fully saturated rings. The van der Waals surface area contributed by atoms with Crippen LogP contribution in [0.15, 0.2) is 84.9 Å². The summed E-state index contributed by atoms with van der Waals surface area (Å²) in [5, 5.41) is 0. The van der Waals surface area contributed by atoms with Crippen LogP contribution in [0.1, 0.15) is 76.4 Å². The smallest absolute Gasteiger partial charge is 0.417 e. The van der Waals surface area contributed by atoms with Crippen molar-refractivity contribution in [2.24, 2.45) is 0 Å². The molecule has 4 atom stereocenters. The van der Waals surface area contributed by atoms with Crippen molar-refractivity contribution in [3.05, 3.63) is 102 Å². The van der Waals surface area contributed by atoms with E-state index in [4.69, 9.17) is 18.9 Å². The van der Waals surface area contributed by atoms with Crippen LogP contribution < -0.4 is 4.90 Å². The highest BCUT2D eigenvalue weighted by Crippen LogP contribution is 2.68. The minimum atomic E-state index is -1.87. The van der Waals surface area contributed by atoms with Crippen molar-refractivity contribution < 1.29 is 42.9 Å². The van der Waals surface area contributed by atoms with Gasteiger partial charge in [0.1, 0.15) is 17.2 Å². The summed E-state index contributed by atoms with van der Waals surface area (Å²) in [5.41, 5.74) is -3.75. The first-order valence-corrected chi connectivity index (χ1v) is 16.0. The average Bonchev–Trinajstić information content (AvgIpc) is 3.24. The zero-order chi connectivity index (χ0) is 35.9. The molecule has 3 aromatic rings. The van der Waals surface area contributed by atoms with E-state index in [-0.39, 0.29) is 6.42 Å². The minimum absolute atomic E-state index is 0.308. The second kappa shape index (κ2) is 12.8. The molecule has 0 spiro atoms. The Morgan fingerprint density at radius 3 is 1.92 bits per heavy atom. The number of hydrogen-bond acceptors (Lipinski definition) is 9. The van der Waals surface area contributed by atoms with Crippen molar-refractivity contribution >= 4 is 35.5 Å². The zero-order valence-electron chi connectivity index (χ0n) is 29.0. The van der Waals surface area contributed by atoms with Gasteiger partial charge in [-0.15, -0.1) is 0 Å². The van der Waals surface area contributed by atoms with Gasteiger partial charge in [0.15, 0.2) is 17.6 Å². The van der Waals surface area contributed by atoms with Gasteiger partial charge in [-0.2, -0.15) is 0 Å². The molecular formula is C38H42N2O9. The van der Waals surface area contributed by atoms with Crippen LogP contribution in [0.2, 0.25) is 0 Å². The molecule has 0 aliphatic carbocycles. The Morgan fingerprint density at radius 1 is 0.816 bits per heavy atom. The number of nitrogens with zero attached hydrogens (tertiary/aromatic N) is 2. The van der Waals surface area contributed by atoms with Crippen LogP contribution in [0, 0.1) is 0 Å². The fourth-order valence-corrected chi connectivity index (χ4v) is 6.82. The van der Waals surface area contributed by atoms with Gasteiger partial charge in [-0.05, 0) is 65.2 Å². The summed E-state index contributed by atoms with van der Waals surface area (Å²) in [5.74, 6) is -2.16. The predicted octanol–water partition coefficient (Wildman–Crippen LogP) is 6.53. The number of esters is 1. The summed E-state index contributed by atoms with van der Waals surface area (Å²) in [6.45, 7) is 11.2. The highest BCUT2D eigenvalue weighted by Gasteiger charge is 2.79. The number of hydrogen-bond donors (Lipinski definition) is 0. The summed E-state index contributed by atoms with van der Waals surface area (Å²) < 4.78 is 23.4. The first-order valence-electron chi connectivity index (χ1n) is 16.0. The number of fused-ring (bicyclic) bond motifs is 3. The summed E-state index contributed by atoms with van der Waals surface area (Å²) in [6, 6.07) is 22.7. The zero-order valence-corrected chi connectivity index (χ0v) is 29.0. The highest BCUT2D eigenvalue weighted by atomic mass is 16.6. The standard InChI is InChI=1S/C38H42N2O9/c1-24(41)39(33(44)48-35(2,3)4)29(31(43)46-8)23-37-27-21-15-16-22-28(27)40(34(45)49-36(5,6)7)32(37)47-38(37,26-19-13-10-14-20-26)30(42)25-17-11-9-12-18-25/h9-22,29,32H,23H2,1-8H3/t29-,32+,37+,38+/m0/s1. The molecule has 0 aromatic heterocycles. The summed E-state index contributed by atoms with van der Waals surface area (Å²) in [7, 11) is 1.14. The maximum atomic E-state index is 15.1. The monoisotopic (exact) mass is 670 g/mol. The maximum Gasteiger partial charge on any atom is 0.417 e. The number of ether oxygens (including phenoxy) is 4. The Kier molecular flexibility index (Phi) is 9.20. The Labute approximate surface area is 286 Å². The van der Waals surface area contributed by atoms with E-state index in [0.29, 0.717) is 27.3 Å². The molecule has 0 radical (unpaired) electrons. The third-order valence-electron chi connectivity index (χ3n) is 8.57. The quantitative estimate of drug-likeness (QED) is 0.157. The third-order valence-corrected chi connectivity index (χ3v) is 8.57. The molecule has 11 heteroatoms. The molecule has 49 heavy (non-hydrogen) atoms. The van der Waals surface area contributed by atoms with E-state index < -0.39 is 64.3 Å². The van der Waals surface area contributed by atoms with Gasteiger partial charge in [-0.1, -0.05) is 78.9 Å². The number of carbonyl (C=O) groups excluding carboxylic acids is 5. The van der Waals surface area contributed by atoms with E-state index in [0.717, 1.165) is 14.0 Å². The summed E-state index contributed by atoms with van der Waals surface area (Å²) in [4.78, 5) is 72.0. The first kappa shape index (κ1) is 35.3. The van der Waals surface area contributed by atoms with Crippen LogP contribution in [-0.2, 0) is 39.6 Å². The number of Topliss-reactive ketones (excluding diaryl/α,β-unsaturated/α-hetero) is 1. The Morgan fingerprint density at radius 2 is 1.37 bits per heavy atom. The van der Waals surface area contributed by atoms with E-state index in [9.17, 15) is 19.2 Å². The van der Waals surface area contributed by atoms with Crippen molar-refractivity contribution in [3.8, 4) is 0 Å². The lowest BCUT2D eigenvalue weighted by Crippen LogP contribution is -2.76. The number of ketones is 1. The largest absolute Gasteiger partial charge is 0.467 e. The van der Waals surface area contributed by atoms with Crippen LogP contribution in [0.25, 0.3) is 0 Å². The van der Waals surface area contributed by atoms with Gasteiger partial charge in [0.05, 0.1) is 18.2 Å². The molecule has 0 N–H and O–H groups in total. The van der Waals surface area contributed by atoms with E-state index in [1.54, 1.807) is 126 Å². The Bertz CT molecular complexity index is 1760. The van der Waals surface area contributed by atoms with Crippen LogP contribution in [0.5, 0.6) is 0 Å². The van der Waals surface area contributed by atoms with E-state index in [1.165, 1.54) is 4.90 Å². The number of amides is 3. The summed E-state index contributed by atoms with van der Waals surface area (Å²) in [6.07, 6.45) is -3.41. The normalized spacial score (nSPS) is 21.7. The van der Waals surface area contributed by atoms with Gasteiger partial charge in [-0.25, -0.2) is 24.2 Å². The van der Waals surface area contributed by atoms with E-state index in [2.05, 4.69) is 0 Å². The lowest BCUT2D eigenvalue weighted by atomic mass is 9.55. The third kappa shape index (κ3) is 6.07. The van der Waals surface area contributed by atoms with Crippen LogP contribution in [0.4, 0.5) is 15.3 Å². The lowest BCUT2D eigenvalue weighted by Gasteiger charge is -2.61. The molecular weight excluding hydrogens is 628 g/mol. The molecule has 0 saturated carbocycles. The van der Waals surface area contributed by atoms with Gasteiger partial charge in [0.2, 0.25) is 5.91 Å². The van der Waals surface area contributed by atoms with Gasteiger partial charge >= 0.3 is 18.2 Å². The average molecular weight is 671 g/mol. The molecule has 2 heterocycles. The van der Waals surface area contributed by atoms with Gasteiger partial charge in [0, 0.05) is 12.5 Å². The number of methoxy groups -OCH3 is 1. The van der Waals surface area contributed by atoms with Crippen molar-refractivity contribution in [2.45, 2.75) is 89.4 Å². The number of imide groups is 1. The lowest BCUT2D eigenvalue weighted by molar-refractivity contribution is -0.256. The van der Waals surface area contributed by atoms with Crippen molar-refractivity contribution in [3.63, 3.8) is 0 Å². The molecule has 3 amide bonds. The molecule has 2 aliphatic heterocycles. The minimum Gasteiger partial charge on any atom is -0.467 e. The fourth-order valence-electron chi connectivity index (χ4n) is 6.82. The molecule has 5 rings (SSSR count). The number of anilines is 1. The molecule has 2 aliphatic rings.